The fourth-order valence-electron chi connectivity index (χ4n) is 1.75. The van der Waals surface area contributed by atoms with Gasteiger partial charge >= 0.3 is 0 Å². The van der Waals surface area contributed by atoms with Crippen molar-refractivity contribution >= 4 is 11.5 Å². The molecule has 0 saturated carbocycles. The molecule has 0 unspecified atom stereocenters. The van der Waals surface area contributed by atoms with Crippen molar-refractivity contribution in [2.75, 3.05) is 0 Å². The number of benzene rings is 2. The van der Waals surface area contributed by atoms with Crippen LogP contribution in [-0.2, 0) is 0 Å². The molecule has 0 aliphatic heterocycles. The van der Waals surface area contributed by atoms with Gasteiger partial charge in [0.2, 0.25) is 0 Å². The van der Waals surface area contributed by atoms with Crippen LogP contribution in [0.1, 0.15) is 11.1 Å². The summed E-state index contributed by atoms with van der Waals surface area (Å²) in [4.78, 5) is 10.1. The molecule has 7 nitrogen and oxygen atoms in total. The summed E-state index contributed by atoms with van der Waals surface area (Å²) in [5.41, 5.74) is 6.95. The van der Waals surface area contributed by atoms with Crippen LogP contribution in [0.2, 0.25) is 0 Å². The molecular formula is C14H13N3O4. The molecule has 108 valence electrons. The molecule has 3 N–H and O–H groups in total. The number of ether oxygens (including phenoxy) is 1. The van der Waals surface area contributed by atoms with E-state index in [0.29, 0.717) is 17.1 Å². The molecule has 2 rings (SSSR count). The Balaban J connectivity index is 2.33. The zero-order valence-electron chi connectivity index (χ0n) is 11.2. The molecule has 0 aromatic heterocycles. The molecule has 0 fully saturated rings. The minimum atomic E-state index is -0.489. The van der Waals surface area contributed by atoms with Crippen LogP contribution in [0.15, 0.2) is 47.6 Å². The summed E-state index contributed by atoms with van der Waals surface area (Å²) >= 11 is 0. The summed E-state index contributed by atoms with van der Waals surface area (Å²) in [6.45, 7) is 1.86. The predicted molar refractivity (Wildman–Crippen MR) is 76.9 cm³/mol. The number of nitro benzene ring substituents is 1. The van der Waals surface area contributed by atoms with Gasteiger partial charge in [0, 0.05) is 12.1 Å². The van der Waals surface area contributed by atoms with Crippen molar-refractivity contribution in [3.63, 3.8) is 0 Å². The van der Waals surface area contributed by atoms with E-state index in [1.54, 1.807) is 12.1 Å². The van der Waals surface area contributed by atoms with Crippen molar-refractivity contribution in [2.24, 2.45) is 10.9 Å². The van der Waals surface area contributed by atoms with Gasteiger partial charge in [-0.3, -0.25) is 10.1 Å². The Labute approximate surface area is 120 Å². The van der Waals surface area contributed by atoms with Crippen LogP contribution >= 0.6 is 0 Å². The van der Waals surface area contributed by atoms with Gasteiger partial charge in [-0.2, -0.15) is 0 Å². The van der Waals surface area contributed by atoms with Crippen molar-refractivity contribution in [1.29, 1.82) is 0 Å². The van der Waals surface area contributed by atoms with Gasteiger partial charge in [0.05, 0.1) is 10.5 Å². The number of hydrogen-bond acceptors (Lipinski definition) is 5. The monoisotopic (exact) mass is 287 g/mol. The number of nitrogens with zero attached hydrogens (tertiary/aromatic N) is 2. The highest BCUT2D eigenvalue weighted by Crippen LogP contribution is 2.27. The number of hydrogen-bond donors (Lipinski definition) is 2. The van der Waals surface area contributed by atoms with E-state index in [-0.39, 0.29) is 11.5 Å². The van der Waals surface area contributed by atoms with Gasteiger partial charge in [-0.15, -0.1) is 0 Å². The number of rotatable bonds is 4. The average molecular weight is 287 g/mol. The number of nitrogens with two attached hydrogens (primary N) is 1. The van der Waals surface area contributed by atoms with Crippen molar-refractivity contribution in [3.05, 3.63) is 63.7 Å². The topological polar surface area (TPSA) is 111 Å². The van der Waals surface area contributed by atoms with Crippen molar-refractivity contribution in [1.82, 2.24) is 0 Å². The summed E-state index contributed by atoms with van der Waals surface area (Å²) < 4.78 is 5.63. The second-order valence-electron chi connectivity index (χ2n) is 4.34. The van der Waals surface area contributed by atoms with E-state index in [2.05, 4.69) is 5.16 Å². The van der Waals surface area contributed by atoms with Gasteiger partial charge < -0.3 is 15.7 Å². The minimum absolute atomic E-state index is 0.0251. The summed E-state index contributed by atoms with van der Waals surface area (Å²) in [7, 11) is 0. The van der Waals surface area contributed by atoms with Crippen LogP contribution in [0.25, 0.3) is 0 Å². The van der Waals surface area contributed by atoms with E-state index in [9.17, 15) is 10.1 Å². The molecule has 0 bridgehead atoms. The van der Waals surface area contributed by atoms with Crippen LogP contribution in [-0.4, -0.2) is 16.0 Å². The molecule has 0 spiro atoms. The largest absolute Gasteiger partial charge is 0.457 e. The Morgan fingerprint density at radius 2 is 1.95 bits per heavy atom. The lowest BCUT2D eigenvalue weighted by Crippen LogP contribution is -2.14. The fraction of sp³-hybridized carbons (Fsp3) is 0.0714. The van der Waals surface area contributed by atoms with Crippen LogP contribution in [0.4, 0.5) is 5.69 Å². The fourth-order valence-corrected chi connectivity index (χ4v) is 1.75. The maximum Gasteiger partial charge on any atom is 0.269 e. The Hall–Kier alpha value is -3.09. The van der Waals surface area contributed by atoms with Crippen LogP contribution in [0, 0.1) is 17.0 Å². The molecule has 0 aliphatic rings. The number of nitro groups is 1. The van der Waals surface area contributed by atoms with E-state index < -0.39 is 4.92 Å². The quantitative estimate of drug-likeness (QED) is 0.295. The molecule has 0 aliphatic carbocycles. The van der Waals surface area contributed by atoms with Gasteiger partial charge in [0.1, 0.15) is 11.5 Å². The molecule has 2 aromatic carbocycles. The van der Waals surface area contributed by atoms with E-state index >= 15 is 0 Å². The standard InChI is InChI=1S/C14H13N3O4/c1-9-2-7-13(12(8-9)14(15)16-18)21-11-5-3-10(4-6-11)17(19)20/h2-8,18H,1H3,(H2,15,16). The van der Waals surface area contributed by atoms with Crippen molar-refractivity contribution in [3.8, 4) is 11.5 Å². The zero-order valence-corrected chi connectivity index (χ0v) is 11.2. The SMILES string of the molecule is Cc1ccc(Oc2ccc([N+](=O)[O-])cc2)c(/C(N)=N/O)c1. The second kappa shape index (κ2) is 5.91. The molecule has 0 atom stereocenters. The van der Waals surface area contributed by atoms with Crippen molar-refractivity contribution < 1.29 is 14.9 Å². The van der Waals surface area contributed by atoms with Crippen LogP contribution < -0.4 is 10.5 Å². The molecular weight excluding hydrogens is 274 g/mol. The molecule has 0 heterocycles. The average Bonchev–Trinajstić information content (AvgIpc) is 2.48. The summed E-state index contributed by atoms with van der Waals surface area (Å²) in [5, 5.41) is 22.4. The van der Waals surface area contributed by atoms with E-state index in [1.807, 2.05) is 13.0 Å². The van der Waals surface area contributed by atoms with Gasteiger partial charge in [-0.05, 0) is 31.2 Å². The van der Waals surface area contributed by atoms with Crippen LogP contribution in [0.3, 0.4) is 0 Å². The van der Waals surface area contributed by atoms with E-state index in [4.69, 9.17) is 15.7 Å². The molecule has 7 heteroatoms. The first-order chi connectivity index (χ1) is 10.0. The summed E-state index contributed by atoms with van der Waals surface area (Å²) in [6, 6.07) is 10.9. The number of aryl methyl sites for hydroxylation is 1. The lowest BCUT2D eigenvalue weighted by molar-refractivity contribution is -0.384. The Kier molecular flexibility index (Phi) is 4.03. The Morgan fingerprint density at radius 3 is 2.52 bits per heavy atom. The Bertz CT molecular complexity index is 696. The number of non-ortho nitro benzene ring substituents is 1. The molecule has 0 amide bonds. The van der Waals surface area contributed by atoms with Crippen molar-refractivity contribution in [2.45, 2.75) is 6.92 Å². The first-order valence-corrected chi connectivity index (χ1v) is 6.02. The third kappa shape index (κ3) is 3.27. The lowest BCUT2D eigenvalue weighted by Gasteiger charge is -2.11. The smallest absolute Gasteiger partial charge is 0.269 e. The Morgan fingerprint density at radius 1 is 1.29 bits per heavy atom. The third-order valence-corrected chi connectivity index (χ3v) is 2.79. The summed E-state index contributed by atoms with van der Waals surface area (Å²) in [6.07, 6.45) is 0. The highest BCUT2D eigenvalue weighted by Gasteiger charge is 2.11. The van der Waals surface area contributed by atoms with E-state index in [1.165, 1.54) is 24.3 Å². The van der Waals surface area contributed by atoms with Gasteiger partial charge in [0.25, 0.3) is 5.69 Å². The van der Waals surface area contributed by atoms with E-state index in [0.717, 1.165) is 5.56 Å². The predicted octanol–water partition coefficient (Wildman–Crippen LogP) is 2.79. The minimum Gasteiger partial charge on any atom is -0.457 e. The highest BCUT2D eigenvalue weighted by molar-refractivity contribution is 5.99. The van der Waals surface area contributed by atoms with Gasteiger partial charge in [-0.1, -0.05) is 16.8 Å². The third-order valence-electron chi connectivity index (χ3n) is 2.79. The highest BCUT2D eigenvalue weighted by atomic mass is 16.6. The summed E-state index contributed by atoms with van der Waals surface area (Å²) in [5.74, 6) is 0.733. The zero-order chi connectivity index (χ0) is 15.4. The number of oxime groups is 1. The molecule has 0 radical (unpaired) electrons. The lowest BCUT2D eigenvalue weighted by atomic mass is 10.1. The molecule has 2 aromatic rings. The maximum atomic E-state index is 10.6. The normalized spacial score (nSPS) is 11.2. The van der Waals surface area contributed by atoms with Crippen LogP contribution in [0.5, 0.6) is 11.5 Å². The first kappa shape index (κ1) is 14.3. The number of amidine groups is 1. The molecule has 0 saturated heterocycles. The van der Waals surface area contributed by atoms with Gasteiger partial charge in [-0.25, -0.2) is 0 Å². The van der Waals surface area contributed by atoms with Gasteiger partial charge in [0.15, 0.2) is 5.84 Å². The molecule has 21 heavy (non-hydrogen) atoms. The first-order valence-electron chi connectivity index (χ1n) is 6.02. The maximum absolute atomic E-state index is 10.6. The second-order valence-corrected chi connectivity index (χ2v) is 4.34.